The van der Waals surface area contributed by atoms with Gasteiger partial charge in [0.2, 0.25) is 0 Å². The van der Waals surface area contributed by atoms with Gasteiger partial charge >= 0.3 is 5.97 Å². The fraction of sp³-hybridized carbons (Fsp3) is 0.348. The van der Waals surface area contributed by atoms with Crippen LogP contribution in [0, 0.1) is 0 Å². The zero-order valence-electron chi connectivity index (χ0n) is 16.4. The molecule has 0 saturated carbocycles. The predicted octanol–water partition coefficient (Wildman–Crippen LogP) is 5.42. The van der Waals surface area contributed by atoms with E-state index in [0.29, 0.717) is 25.2 Å². The van der Waals surface area contributed by atoms with Crippen molar-refractivity contribution in [3.63, 3.8) is 0 Å². The van der Waals surface area contributed by atoms with Crippen LogP contribution in [0.5, 0.6) is 11.5 Å². The average molecular weight is 368 g/mol. The molecule has 1 unspecified atom stereocenters. The van der Waals surface area contributed by atoms with Crippen LogP contribution >= 0.6 is 0 Å². The minimum atomic E-state index is -0.361. The van der Waals surface area contributed by atoms with E-state index in [1.165, 1.54) is 0 Å². The lowest BCUT2D eigenvalue weighted by atomic mass is 10.1. The molecule has 2 aromatic rings. The number of rotatable bonds is 10. The number of benzene rings is 2. The molecule has 2 aromatic carbocycles. The van der Waals surface area contributed by atoms with E-state index in [-0.39, 0.29) is 12.1 Å². The molecule has 4 nitrogen and oxygen atoms in total. The number of esters is 1. The van der Waals surface area contributed by atoms with E-state index in [2.05, 4.69) is 32.6 Å². The first-order valence-electron chi connectivity index (χ1n) is 9.32. The summed E-state index contributed by atoms with van der Waals surface area (Å²) in [6.45, 7) is 10.2. The van der Waals surface area contributed by atoms with Crippen molar-refractivity contribution in [3.8, 4) is 22.6 Å². The van der Waals surface area contributed by atoms with Crippen molar-refractivity contribution in [3.05, 3.63) is 60.7 Å². The van der Waals surface area contributed by atoms with Crippen molar-refractivity contribution in [1.29, 1.82) is 0 Å². The first-order valence-corrected chi connectivity index (χ1v) is 9.32. The zero-order chi connectivity index (χ0) is 19.6. The topological polar surface area (TPSA) is 44.8 Å². The smallest absolute Gasteiger partial charge is 0.333 e. The van der Waals surface area contributed by atoms with Crippen LogP contribution in [-0.2, 0) is 9.53 Å². The van der Waals surface area contributed by atoms with E-state index in [1.807, 2.05) is 36.4 Å². The molecule has 144 valence electrons. The summed E-state index contributed by atoms with van der Waals surface area (Å²) >= 11 is 0. The Morgan fingerprint density at radius 2 is 1.52 bits per heavy atom. The third-order valence-corrected chi connectivity index (χ3v) is 4.09. The van der Waals surface area contributed by atoms with Gasteiger partial charge in [0.25, 0.3) is 0 Å². The highest BCUT2D eigenvalue weighted by Crippen LogP contribution is 2.25. The van der Waals surface area contributed by atoms with Crippen LogP contribution in [0.15, 0.2) is 60.7 Å². The molecule has 0 heterocycles. The van der Waals surface area contributed by atoms with Crippen molar-refractivity contribution in [2.75, 3.05) is 13.2 Å². The highest BCUT2D eigenvalue weighted by atomic mass is 16.5. The van der Waals surface area contributed by atoms with Crippen LogP contribution in [0.25, 0.3) is 11.1 Å². The Labute approximate surface area is 161 Å². The van der Waals surface area contributed by atoms with Crippen molar-refractivity contribution in [1.82, 2.24) is 0 Å². The van der Waals surface area contributed by atoms with Gasteiger partial charge in [-0.2, -0.15) is 0 Å². The van der Waals surface area contributed by atoms with Crippen molar-refractivity contribution < 1.29 is 19.0 Å². The largest absolute Gasteiger partial charge is 0.493 e. The molecular weight excluding hydrogens is 340 g/mol. The Kier molecular flexibility index (Phi) is 7.93. The van der Waals surface area contributed by atoms with Gasteiger partial charge < -0.3 is 14.2 Å². The van der Waals surface area contributed by atoms with Gasteiger partial charge in [0.1, 0.15) is 11.5 Å². The molecule has 0 bridgehead atoms. The third-order valence-electron chi connectivity index (χ3n) is 4.09. The van der Waals surface area contributed by atoms with Crippen LogP contribution < -0.4 is 9.47 Å². The lowest BCUT2D eigenvalue weighted by Crippen LogP contribution is -2.09. The van der Waals surface area contributed by atoms with Crippen molar-refractivity contribution in [2.24, 2.45) is 0 Å². The molecule has 0 spiro atoms. The summed E-state index contributed by atoms with van der Waals surface area (Å²) in [4.78, 5) is 11.3. The summed E-state index contributed by atoms with van der Waals surface area (Å²) < 4.78 is 16.5. The molecule has 1 atom stereocenters. The van der Waals surface area contributed by atoms with Crippen LogP contribution in [0.2, 0.25) is 0 Å². The molecule has 2 rings (SSSR count). The summed E-state index contributed by atoms with van der Waals surface area (Å²) in [5.74, 6) is 1.32. The van der Waals surface area contributed by atoms with Gasteiger partial charge in [-0.1, -0.05) is 37.8 Å². The molecule has 4 heteroatoms. The highest BCUT2D eigenvalue weighted by Gasteiger charge is 2.04. The van der Waals surface area contributed by atoms with Gasteiger partial charge in [-0.15, -0.1) is 0 Å². The summed E-state index contributed by atoms with van der Waals surface area (Å²) in [5.41, 5.74) is 2.66. The third kappa shape index (κ3) is 6.81. The lowest BCUT2D eigenvalue weighted by molar-refractivity contribution is -0.139. The lowest BCUT2D eigenvalue weighted by Gasteiger charge is -2.13. The maximum atomic E-state index is 11.3. The Hall–Kier alpha value is -2.75. The first-order chi connectivity index (χ1) is 13.0. The number of hydrogen-bond acceptors (Lipinski definition) is 4. The highest BCUT2D eigenvalue weighted by molar-refractivity contribution is 5.86. The normalized spacial score (nSPS) is 11.5. The second kappa shape index (κ2) is 10.4. The molecular formula is C23H28O4. The molecule has 27 heavy (non-hydrogen) atoms. The maximum absolute atomic E-state index is 11.3. The summed E-state index contributed by atoms with van der Waals surface area (Å²) in [7, 11) is 0. The molecule has 0 aromatic heterocycles. The Bertz CT molecular complexity index is 732. The summed E-state index contributed by atoms with van der Waals surface area (Å²) in [6, 6.07) is 16.1. The molecule has 0 fully saturated rings. The minimum Gasteiger partial charge on any atom is -0.493 e. The molecule has 0 amide bonds. The van der Waals surface area contributed by atoms with Gasteiger partial charge in [-0.25, -0.2) is 4.79 Å². The van der Waals surface area contributed by atoms with E-state index < -0.39 is 0 Å². The average Bonchev–Trinajstić information content (AvgIpc) is 2.68. The Balaban J connectivity index is 1.81. The fourth-order valence-electron chi connectivity index (χ4n) is 2.32. The number of ether oxygens (including phenoxy) is 3. The van der Waals surface area contributed by atoms with Crippen LogP contribution in [0.4, 0.5) is 0 Å². The SMILES string of the molecule is C=C(C)C(=O)OCCCOc1ccc(-c2ccc(OC(C)CC)cc2)cc1. The predicted molar refractivity (Wildman–Crippen MR) is 108 cm³/mol. The zero-order valence-corrected chi connectivity index (χ0v) is 16.4. The second-order valence-electron chi connectivity index (χ2n) is 6.50. The molecule has 0 aliphatic rings. The monoisotopic (exact) mass is 368 g/mol. The summed E-state index contributed by atoms with van der Waals surface area (Å²) in [5, 5.41) is 0. The minimum absolute atomic E-state index is 0.219. The van der Waals surface area contributed by atoms with E-state index in [0.717, 1.165) is 29.0 Å². The Morgan fingerprint density at radius 1 is 0.963 bits per heavy atom. The van der Waals surface area contributed by atoms with Crippen molar-refractivity contribution >= 4 is 5.97 Å². The van der Waals surface area contributed by atoms with Gasteiger partial charge in [-0.05, 0) is 55.7 Å². The Morgan fingerprint density at radius 3 is 2.04 bits per heavy atom. The first kappa shape index (κ1) is 20.6. The molecule has 0 aliphatic carbocycles. The summed E-state index contributed by atoms with van der Waals surface area (Å²) in [6.07, 6.45) is 1.84. The van der Waals surface area contributed by atoms with E-state index in [9.17, 15) is 4.79 Å². The van der Waals surface area contributed by atoms with Crippen LogP contribution in [-0.4, -0.2) is 25.3 Å². The quantitative estimate of drug-likeness (QED) is 0.319. The maximum Gasteiger partial charge on any atom is 0.333 e. The van der Waals surface area contributed by atoms with Crippen molar-refractivity contribution in [2.45, 2.75) is 39.7 Å². The van der Waals surface area contributed by atoms with Crippen LogP contribution in [0.3, 0.4) is 0 Å². The van der Waals surface area contributed by atoms with E-state index in [4.69, 9.17) is 14.2 Å². The fourth-order valence-corrected chi connectivity index (χ4v) is 2.32. The van der Waals surface area contributed by atoms with Gasteiger partial charge in [0, 0.05) is 12.0 Å². The standard InChI is InChI=1S/C23H28O4/c1-5-18(4)27-22-13-9-20(10-14-22)19-7-11-21(12-8-19)25-15-6-16-26-23(24)17(2)3/h7-14,18H,2,5-6,15-16H2,1,3-4H3. The van der Waals surface area contributed by atoms with Gasteiger partial charge in [-0.3, -0.25) is 0 Å². The van der Waals surface area contributed by atoms with Gasteiger partial charge in [0.05, 0.1) is 19.3 Å². The number of carbonyl (C=O) groups excluding carboxylic acids is 1. The van der Waals surface area contributed by atoms with Crippen LogP contribution in [0.1, 0.15) is 33.6 Å². The molecule has 0 radical (unpaired) electrons. The van der Waals surface area contributed by atoms with E-state index in [1.54, 1.807) is 6.92 Å². The molecule has 0 saturated heterocycles. The van der Waals surface area contributed by atoms with E-state index >= 15 is 0 Å². The number of hydrogen-bond donors (Lipinski definition) is 0. The molecule has 0 aliphatic heterocycles. The van der Waals surface area contributed by atoms with Gasteiger partial charge in [0.15, 0.2) is 0 Å². The molecule has 0 N–H and O–H groups in total. The second-order valence-corrected chi connectivity index (χ2v) is 6.50. The number of carbonyl (C=O) groups is 1.